The molecule has 0 heterocycles. The van der Waals surface area contributed by atoms with E-state index >= 15 is 0 Å². The number of benzene rings is 3. The van der Waals surface area contributed by atoms with Crippen LogP contribution in [-0.2, 0) is 0 Å². The number of carbonyl (C=O) groups excluding carboxylic acids is 2. The Morgan fingerprint density at radius 3 is 1.83 bits per heavy atom. The molecule has 3 aromatic carbocycles. The van der Waals surface area contributed by atoms with Gasteiger partial charge in [0.15, 0.2) is 0 Å². The lowest BCUT2D eigenvalue weighted by Gasteiger charge is -2.13. The van der Waals surface area contributed by atoms with Crippen LogP contribution >= 0.6 is 11.9 Å². The van der Waals surface area contributed by atoms with Crippen LogP contribution in [0.3, 0.4) is 0 Å². The van der Waals surface area contributed by atoms with Crippen LogP contribution in [0.25, 0.3) is 0 Å². The highest BCUT2D eigenvalue weighted by molar-refractivity contribution is 7.98. The van der Waals surface area contributed by atoms with E-state index in [0.29, 0.717) is 16.9 Å². The molecule has 0 spiro atoms. The minimum Gasteiger partial charge on any atom is -0.322 e. The maximum absolute atomic E-state index is 13.0. The standard InChI is InChI=1S/C22H19F2N3O2S/c1-14(15-2-6-17(23)7-3-15)30-27-22(29)26-20-12-10-19(11-13-20)25-21(28)16-4-8-18(24)9-5-16/h2-14H,1H3,(H,25,28)(H2,26,27,29). The molecule has 3 N–H and O–H groups in total. The van der Waals surface area contributed by atoms with Crippen molar-refractivity contribution < 1.29 is 18.4 Å². The summed E-state index contributed by atoms with van der Waals surface area (Å²) >= 11 is 1.20. The average molecular weight is 427 g/mol. The van der Waals surface area contributed by atoms with E-state index in [9.17, 15) is 18.4 Å². The van der Waals surface area contributed by atoms with Crippen molar-refractivity contribution in [2.75, 3.05) is 10.6 Å². The molecule has 30 heavy (non-hydrogen) atoms. The number of urea groups is 1. The number of anilines is 2. The molecule has 0 saturated carbocycles. The number of nitrogens with one attached hydrogen (secondary N) is 3. The molecule has 1 unspecified atom stereocenters. The number of hydrogen-bond acceptors (Lipinski definition) is 3. The van der Waals surface area contributed by atoms with Crippen LogP contribution in [0.4, 0.5) is 25.0 Å². The summed E-state index contributed by atoms with van der Waals surface area (Å²) in [7, 11) is 0. The molecule has 3 amide bonds. The van der Waals surface area contributed by atoms with Crippen molar-refractivity contribution in [3.8, 4) is 0 Å². The van der Waals surface area contributed by atoms with Crippen LogP contribution in [0.5, 0.6) is 0 Å². The highest BCUT2D eigenvalue weighted by Crippen LogP contribution is 2.25. The smallest absolute Gasteiger partial charge is 0.322 e. The Labute approximate surface area is 177 Å². The lowest BCUT2D eigenvalue weighted by atomic mass is 10.2. The third-order valence-electron chi connectivity index (χ3n) is 4.17. The third-order valence-corrected chi connectivity index (χ3v) is 5.10. The zero-order valence-electron chi connectivity index (χ0n) is 16.0. The normalized spacial score (nSPS) is 11.4. The molecule has 1 atom stereocenters. The first kappa shape index (κ1) is 21.3. The first-order chi connectivity index (χ1) is 14.4. The van der Waals surface area contributed by atoms with E-state index in [1.54, 1.807) is 36.4 Å². The van der Waals surface area contributed by atoms with E-state index in [1.165, 1.54) is 48.3 Å². The number of carbonyl (C=O) groups is 2. The van der Waals surface area contributed by atoms with Crippen LogP contribution in [0, 0.1) is 11.6 Å². The molecular formula is C22H19F2N3O2S. The van der Waals surface area contributed by atoms with Crippen LogP contribution in [0.1, 0.15) is 28.1 Å². The Kier molecular flexibility index (Phi) is 7.03. The van der Waals surface area contributed by atoms with E-state index in [0.717, 1.165) is 5.56 Å². The molecule has 3 rings (SSSR count). The molecule has 0 aliphatic heterocycles. The summed E-state index contributed by atoms with van der Waals surface area (Å²) in [5.74, 6) is -1.08. The third kappa shape index (κ3) is 6.05. The Bertz CT molecular complexity index is 1010. The maximum atomic E-state index is 13.0. The molecule has 0 bridgehead atoms. The predicted octanol–water partition coefficient (Wildman–Crippen LogP) is 5.75. The van der Waals surface area contributed by atoms with Crippen molar-refractivity contribution in [2.24, 2.45) is 0 Å². The van der Waals surface area contributed by atoms with Gasteiger partial charge in [0.25, 0.3) is 5.91 Å². The predicted molar refractivity (Wildman–Crippen MR) is 115 cm³/mol. The largest absolute Gasteiger partial charge is 0.329 e. The molecule has 154 valence electrons. The average Bonchev–Trinajstić information content (AvgIpc) is 2.74. The number of rotatable bonds is 6. The highest BCUT2D eigenvalue weighted by atomic mass is 32.2. The molecule has 5 nitrogen and oxygen atoms in total. The van der Waals surface area contributed by atoms with Gasteiger partial charge in [0, 0.05) is 22.2 Å². The van der Waals surface area contributed by atoms with Gasteiger partial charge in [-0.15, -0.1) is 0 Å². The van der Waals surface area contributed by atoms with Crippen molar-refractivity contribution in [1.29, 1.82) is 0 Å². The van der Waals surface area contributed by atoms with E-state index in [1.807, 2.05) is 6.92 Å². The second-order valence-corrected chi connectivity index (χ2v) is 7.55. The number of hydrogen-bond donors (Lipinski definition) is 3. The van der Waals surface area contributed by atoms with Crippen molar-refractivity contribution >= 4 is 35.3 Å². The van der Waals surface area contributed by atoms with Gasteiger partial charge in [0.05, 0.1) is 0 Å². The fraction of sp³-hybridized carbons (Fsp3) is 0.0909. The molecule has 0 aliphatic rings. The topological polar surface area (TPSA) is 70.2 Å². The first-order valence-corrected chi connectivity index (χ1v) is 9.94. The van der Waals surface area contributed by atoms with Gasteiger partial charge in [-0.05, 0) is 85.1 Å². The van der Waals surface area contributed by atoms with Gasteiger partial charge in [0.1, 0.15) is 11.6 Å². The molecular weight excluding hydrogens is 408 g/mol. The van der Waals surface area contributed by atoms with E-state index in [2.05, 4.69) is 15.4 Å². The zero-order chi connectivity index (χ0) is 21.5. The minimum atomic E-state index is -0.412. The SMILES string of the molecule is CC(SNC(=O)Nc1ccc(NC(=O)c2ccc(F)cc2)cc1)c1ccc(F)cc1. The Morgan fingerprint density at radius 2 is 1.27 bits per heavy atom. The van der Waals surface area contributed by atoms with Gasteiger partial charge in [-0.2, -0.15) is 0 Å². The number of halogens is 2. The fourth-order valence-corrected chi connectivity index (χ4v) is 3.17. The van der Waals surface area contributed by atoms with Crippen molar-refractivity contribution in [1.82, 2.24) is 4.72 Å². The van der Waals surface area contributed by atoms with Gasteiger partial charge in [-0.3, -0.25) is 9.52 Å². The van der Waals surface area contributed by atoms with Gasteiger partial charge in [-0.25, -0.2) is 13.6 Å². The van der Waals surface area contributed by atoms with Crippen LogP contribution < -0.4 is 15.4 Å². The summed E-state index contributed by atoms with van der Waals surface area (Å²) in [5.41, 5.74) is 2.31. The van der Waals surface area contributed by atoms with Gasteiger partial charge >= 0.3 is 6.03 Å². The summed E-state index contributed by atoms with van der Waals surface area (Å²) in [6, 6.07) is 17.5. The summed E-state index contributed by atoms with van der Waals surface area (Å²) in [6.07, 6.45) is 0. The minimum absolute atomic E-state index is 0.0552. The summed E-state index contributed by atoms with van der Waals surface area (Å²) in [5, 5.41) is 5.34. The van der Waals surface area contributed by atoms with E-state index < -0.39 is 11.8 Å². The molecule has 0 radical (unpaired) electrons. The lowest BCUT2D eigenvalue weighted by Crippen LogP contribution is -2.23. The van der Waals surface area contributed by atoms with Crippen molar-refractivity contribution in [2.45, 2.75) is 12.2 Å². The molecule has 8 heteroatoms. The van der Waals surface area contributed by atoms with Crippen LogP contribution in [0.15, 0.2) is 72.8 Å². The van der Waals surface area contributed by atoms with Crippen molar-refractivity contribution in [3.63, 3.8) is 0 Å². The second kappa shape index (κ2) is 9.89. The molecule has 0 saturated heterocycles. The van der Waals surface area contributed by atoms with Crippen LogP contribution in [0.2, 0.25) is 0 Å². The quantitative estimate of drug-likeness (QED) is 0.439. The zero-order valence-corrected chi connectivity index (χ0v) is 16.8. The molecule has 3 aromatic rings. The highest BCUT2D eigenvalue weighted by Gasteiger charge is 2.10. The summed E-state index contributed by atoms with van der Waals surface area (Å²) in [4.78, 5) is 24.2. The lowest BCUT2D eigenvalue weighted by molar-refractivity contribution is 0.102. The number of amides is 3. The Morgan fingerprint density at radius 1 is 0.767 bits per heavy atom. The molecule has 0 aromatic heterocycles. The van der Waals surface area contributed by atoms with E-state index in [4.69, 9.17) is 0 Å². The Balaban J connectivity index is 1.48. The molecule has 0 aliphatic carbocycles. The maximum Gasteiger partial charge on any atom is 0.329 e. The van der Waals surface area contributed by atoms with Crippen molar-refractivity contribution in [3.05, 3.63) is 95.6 Å². The monoisotopic (exact) mass is 427 g/mol. The van der Waals surface area contributed by atoms with E-state index in [-0.39, 0.29) is 17.0 Å². The Hall–Kier alpha value is -3.39. The van der Waals surface area contributed by atoms with Gasteiger partial charge in [0.2, 0.25) is 0 Å². The fourth-order valence-electron chi connectivity index (χ4n) is 2.54. The second-order valence-electron chi connectivity index (χ2n) is 6.41. The van der Waals surface area contributed by atoms with Crippen LogP contribution in [-0.4, -0.2) is 11.9 Å². The van der Waals surface area contributed by atoms with Gasteiger partial charge in [-0.1, -0.05) is 12.1 Å². The molecule has 0 fully saturated rings. The first-order valence-electron chi connectivity index (χ1n) is 9.06. The summed E-state index contributed by atoms with van der Waals surface area (Å²) < 4.78 is 28.6. The van der Waals surface area contributed by atoms with Gasteiger partial charge < -0.3 is 10.6 Å². The summed E-state index contributed by atoms with van der Waals surface area (Å²) in [6.45, 7) is 1.90.